The summed E-state index contributed by atoms with van der Waals surface area (Å²) in [6, 6.07) is 7.97. The van der Waals surface area contributed by atoms with Gasteiger partial charge in [-0.2, -0.15) is 23.5 Å². The molecule has 2 heterocycles. The Bertz CT molecular complexity index is 1820. The van der Waals surface area contributed by atoms with Crippen LogP contribution in [-0.4, -0.2) is 242 Å². The number of thioether (sulfide) groups is 2. The molecule has 0 amide bonds. The number of hydrogen-bond acceptors (Lipinski definition) is 32. The molecule has 36 heteroatoms. The molecule has 74 heavy (non-hydrogen) atoms. The second-order valence-electron chi connectivity index (χ2n) is 13.9. The second kappa shape index (κ2) is 44.3. The molecule has 2 aromatic rings. The van der Waals surface area contributed by atoms with Crippen molar-refractivity contribution in [1.82, 2.24) is 31.1 Å². The molecule has 6 unspecified atom stereocenters. The molecule has 4 radical (unpaired) electrons. The van der Waals surface area contributed by atoms with Crippen molar-refractivity contribution >= 4 is 112 Å². The number of nitrogens with one attached hydrogen (secondary N) is 4. The number of aliphatic hydroxyl groups is 6. The van der Waals surface area contributed by atoms with Crippen molar-refractivity contribution in [2.45, 2.75) is 61.2 Å². The van der Waals surface area contributed by atoms with Gasteiger partial charge in [-0.1, -0.05) is 0 Å². The minimum absolute atomic E-state index is 0. The average molecular weight is 1490 g/mol. The van der Waals surface area contributed by atoms with Crippen molar-refractivity contribution in [3.8, 4) is 0 Å². The summed E-state index contributed by atoms with van der Waals surface area (Å²) in [7, 11) is 11.3. The summed E-state index contributed by atoms with van der Waals surface area (Å²) in [4.78, 5) is 81.6. The first-order valence-electron chi connectivity index (χ1n) is 19.9. The van der Waals surface area contributed by atoms with Gasteiger partial charge in [-0.25, -0.2) is 0 Å². The Labute approximate surface area is 468 Å². The van der Waals surface area contributed by atoms with Crippen LogP contribution in [0.15, 0.2) is 57.1 Å². The third-order valence-corrected chi connectivity index (χ3v) is 9.31. The van der Waals surface area contributed by atoms with Gasteiger partial charge >= 0.3 is 52.4 Å². The molecule has 0 aliphatic carbocycles. The molecule has 0 aromatic carbocycles. The molecule has 10 N–H and O–H groups in total. The van der Waals surface area contributed by atoms with E-state index in [2.05, 4.69) is 31.1 Å². The van der Waals surface area contributed by atoms with E-state index in [0.29, 0.717) is 24.7 Å². The van der Waals surface area contributed by atoms with Gasteiger partial charge in [0.05, 0.1) is 70.3 Å². The molecular weight excluding hydrogens is 1430 g/mol. The third kappa shape index (κ3) is 40.4. The van der Waals surface area contributed by atoms with Gasteiger partial charge in [0.1, 0.15) is 59.7 Å². The molecule has 0 bridgehead atoms. The number of furan rings is 2. The number of aliphatic hydroxyl groups excluding tert-OH is 6. The molecule has 0 saturated heterocycles. The maximum atomic E-state index is 10.3. The zero-order valence-electron chi connectivity index (χ0n) is 40.1. The van der Waals surface area contributed by atoms with E-state index in [1.165, 1.54) is 0 Å². The number of carbonyl (C=O) groups is 6. The van der Waals surface area contributed by atoms with Crippen molar-refractivity contribution in [3.63, 3.8) is 0 Å². The van der Waals surface area contributed by atoms with Crippen LogP contribution in [0.25, 0.3) is 0 Å². The molecule has 0 fully saturated rings. The predicted molar refractivity (Wildman–Crippen MR) is 246 cm³/mol. The maximum Gasteiger partial charge on any atom is 3.00 e. The normalized spacial score (nSPS) is 13.1. The van der Waals surface area contributed by atoms with Gasteiger partial charge in [-0.05, 0) is 52.5 Å². The monoisotopic (exact) mass is 1490 g/mol. The SMILES string of the molecule is CNC(=C[N+](=O)[O-])NCCSCc1ccc(CN(C)C)o1.CNC(=C[N+](=O)[O-])NCCSCc1ccc(CN(C)C)o1.O=C([O-])C(O)C(O)C(=O)[O-].O=C([O-])C(O)C(O)C(=O)[O-].O=C([O-])C(O)C(O)C(=O)[O-].[Bi+3].[Bi+3]. The maximum absolute atomic E-state index is 10.3. The summed E-state index contributed by atoms with van der Waals surface area (Å²) in [5.41, 5.74) is 0. The molecule has 0 saturated carbocycles. The summed E-state index contributed by atoms with van der Waals surface area (Å²) < 4.78 is 11.4. The van der Waals surface area contributed by atoms with Crippen LogP contribution in [0, 0.1) is 20.2 Å². The van der Waals surface area contributed by atoms with Crippen LogP contribution in [0.2, 0.25) is 0 Å². The number of rotatable bonds is 29. The Balaban J connectivity index is -0.000000279. The van der Waals surface area contributed by atoms with E-state index in [1.54, 1.807) is 37.6 Å². The van der Waals surface area contributed by atoms with Gasteiger partial charge in [0.15, 0.2) is 11.6 Å². The van der Waals surface area contributed by atoms with E-state index in [4.69, 9.17) is 39.5 Å². The summed E-state index contributed by atoms with van der Waals surface area (Å²) in [6.45, 7) is 2.89. The zero-order valence-corrected chi connectivity index (χ0v) is 48.7. The van der Waals surface area contributed by atoms with Crippen LogP contribution in [-0.2, 0) is 53.4 Å². The van der Waals surface area contributed by atoms with E-state index < -0.39 is 82.3 Å². The smallest absolute Gasteiger partial charge is 0.547 e. The molecular formula is C38H56Bi2N8O24S2. The molecule has 0 aliphatic rings. The zero-order chi connectivity index (χ0) is 56.3. The number of carbonyl (C=O) groups excluding carboxylic acids is 6. The number of carboxylic acids is 6. The fourth-order valence-electron chi connectivity index (χ4n) is 4.04. The summed E-state index contributed by atoms with van der Waals surface area (Å²) >= 11 is 3.43. The van der Waals surface area contributed by atoms with Crippen LogP contribution in [0.4, 0.5) is 0 Å². The average Bonchev–Trinajstić information content (AvgIpc) is 3.94. The second-order valence-corrected chi connectivity index (χ2v) is 16.1. The molecule has 2 rings (SSSR count). The van der Waals surface area contributed by atoms with Crippen LogP contribution in [0.5, 0.6) is 0 Å². The Hall–Kier alpha value is -4.99. The fraction of sp³-hybridized carbons (Fsp3) is 0.526. The summed E-state index contributed by atoms with van der Waals surface area (Å²) in [5.74, 6) is -4.46. The summed E-state index contributed by atoms with van der Waals surface area (Å²) in [5, 5.41) is 139. The van der Waals surface area contributed by atoms with Crippen LogP contribution in [0.3, 0.4) is 0 Å². The predicted octanol–water partition coefficient (Wildman–Crippen LogP) is -12.2. The Morgan fingerprint density at radius 1 is 0.527 bits per heavy atom. The van der Waals surface area contributed by atoms with Crippen LogP contribution < -0.4 is 51.9 Å². The largest absolute Gasteiger partial charge is 3.00 e. The van der Waals surface area contributed by atoms with E-state index in [-0.39, 0.29) is 52.4 Å². The fourth-order valence-corrected chi connectivity index (χ4v) is 5.53. The Morgan fingerprint density at radius 3 is 0.946 bits per heavy atom. The first-order chi connectivity index (χ1) is 33.4. The van der Waals surface area contributed by atoms with Gasteiger partial charge in [0.25, 0.3) is 12.4 Å². The van der Waals surface area contributed by atoms with E-state index in [0.717, 1.165) is 71.5 Å². The quantitative estimate of drug-likeness (QED) is 0.0156. The topological polar surface area (TPSA) is 529 Å². The first-order valence-corrected chi connectivity index (χ1v) is 22.2. The van der Waals surface area contributed by atoms with Gasteiger partial charge in [-0.3, -0.25) is 20.2 Å². The molecule has 0 aliphatic heterocycles. The third-order valence-electron chi connectivity index (χ3n) is 7.34. The van der Waals surface area contributed by atoms with E-state index in [1.807, 2.05) is 52.5 Å². The van der Waals surface area contributed by atoms with Gasteiger partial charge in [-0.15, -0.1) is 0 Å². The molecule has 2 aromatic heterocycles. The van der Waals surface area contributed by atoms with Crippen molar-refractivity contribution in [2.75, 3.05) is 66.9 Å². The molecule has 0 spiro atoms. The van der Waals surface area contributed by atoms with Gasteiger partial charge in [0.2, 0.25) is 0 Å². The first kappa shape index (κ1) is 77.9. The number of hydrogen-bond donors (Lipinski definition) is 10. The van der Waals surface area contributed by atoms with Crippen LogP contribution in [0.1, 0.15) is 23.0 Å². The minimum Gasteiger partial charge on any atom is -0.547 e. The van der Waals surface area contributed by atoms with Gasteiger partial charge < -0.3 is 130 Å². The standard InChI is InChI=1S/2C13H22N4O3S.3C4H6O6.2Bi/c2*1-14-13(9-17(18)19)15-6-7-21-10-12-5-4-11(20-12)8-16(2)3;3*5-1(3(7)8)2(6)4(9)10;;/h2*4-5,9,14-15H,6-8,10H2,1-3H3;3*1-2,5-6H,(H,7,8)(H,9,10);;/q;;;;;2*+3/p-6. The molecule has 32 nitrogen and oxygen atoms in total. The molecule has 6 atom stereocenters. The number of nitrogens with zero attached hydrogens (tertiary/aromatic N) is 4. The Morgan fingerprint density at radius 2 is 0.757 bits per heavy atom. The Kier molecular flexibility index (Phi) is 46.7. The number of nitro groups is 2. The van der Waals surface area contributed by atoms with Crippen LogP contribution >= 0.6 is 23.5 Å². The number of aliphatic carboxylic acids is 6. The van der Waals surface area contributed by atoms with Crippen molar-refractivity contribution in [3.05, 3.63) is 91.6 Å². The van der Waals surface area contributed by atoms with Gasteiger partial charge in [0, 0.05) is 38.7 Å². The van der Waals surface area contributed by atoms with E-state index in [9.17, 15) is 79.6 Å². The minimum atomic E-state index is -2.44. The van der Waals surface area contributed by atoms with Crippen molar-refractivity contribution < 1.29 is 109 Å². The summed E-state index contributed by atoms with van der Waals surface area (Å²) in [6.07, 6.45) is -12.8. The van der Waals surface area contributed by atoms with E-state index >= 15 is 0 Å². The van der Waals surface area contributed by atoms with Crippen molar-refractivity contribution in [1.29, 1.82) is 0 Å². The van der Waals surface area contributed by atoms with Crippen molar-refractivity contribution in [2.24, 2.45) is 0 Å². The molecule has 414 valence electrons. The number of carboxylic acid groups (broad SMARTS) is 6.